The smallest absolute Gasteiger partial charge is 0.00952 e. The summed E-state index contributed by atoms with van der Waals surface area (Å²) in [5.74, 6) is 1.03. The summed E-state index contributed by atoms with van der Waals surface area (Å²) in [7, 11) is 0. The molecule has 0 spiro atoms. The monoisotopic (exact) mass is 153 g/mol. The maximum Gasteiger partial charge on any atom is 0.00952 e. The fraction of sp³-hybridized carbons (Fsp3) is 1.00. The van der Waals surface area contributed by atoms with Crippen LogP contribution in [0.25, 0.3) is 0 Å². The topological polar surface area (TPSA) is 12.0 Å². The minimum absolute atomic E-state index is 0.858. The van der Waals surface area contributed by atoms with Crippen molar-refractivity contribution < 1.29 is 0 Å². The largest absolute Gasteiger partial charge is 0.311 e. The number of hydrogen-bond acceptors (Lipinski definition) is 1. The van der Waals surface area contributed by atoms with Crippen LogP contribution >= 0.6 is 0 Å². The lowest BCUT2D eigenvalue weighted by atomic mass is 9.79. The third-order valence-electron chi connectivity index (χ3n) is 3.19. The molecule has 0 amide bonds. The van der Waals surface area contributed by atoms with Crippen LogP contribution in [0, 0.1) is 5.92 Å². The molecule has 0 aromatic rings. The van der Waals surface area contributed by atoms with Gasteiger partial charge in [0.05, 0.1) is 0 Å². The van der Waals surface area contributed by atoms with Gasteiger partial charge in [-0.1, -0.05) is 13.3 Å². The summed E-state index contributed by atoms with van der Waals surface area (Å²) in [6, 6.07) is 1.76. The van der Waals surface area contributed by atoms with E-state index in [9.17, 15) is 0 Å². The molecule has 1 N–H and O–H groups in total. The average Bonchev–Trinajstić information content (AvgIpc) is 2.66. The molecule has 2 saturated carbocycles. The van der Waals surface area contributed by atoms with E-state index in [1.165, 1.54) is 38.5 Å². The molecule has 0 heterocycles. The zero-order valence-electron chi connectivity index (χ0n) is 7.47. The van der Waals surface area contributed by atoms with Crippen LogP contribution < -0.4 is 5.32 Å². The van der Waals surface area contributed by atoms with E-state index in [4.69, 9.17) is 0 Å². The summed E-state index contributed by atoms with van der Waals surface area (Å²) in [5, 5.41) is 3.74. The first kappa shape index (κ1) is 7.60. The van der Waals surface area contributed by atoms with Crippen LogP contribution in [0.3, 0.4) is 0 Å². The molecule has 1 atom stereocenters. The third-order valence-corrected chi connectivity index (χ3v) is 3.19. The fourth-order valence-electron chi connectivity index (χ4n) is 1.98. The molecule has 0 aromatic carbocycles. The lowest BCUT2D eigenvalue weighted by Crippen LogP contribution is -2.40. The average molecular weight is 153 g/mol. The Hall–Kier alpha value is -0.0400. The molecule has 2 rings (SSSR count). The van der Waals surface area contributed by atoms with Gasteiger partial charge in [-0.2, -0.15) is 0 Å². The van der Waals surface area contributed by atoms with Gasteiger partial charge in [-0.3, -0.25) is 0 Å². The van der Waals surface area contributed by atoms with Crippen LogP contribution in [0.4, 0.5) is 0 Å². The highest BCUT2D eigenvalue weighted by Gasteiger charge is 2.30. The lowest BCUT2D eigenvalue weighted by molar-refractivity contribution is 0.222. The number of hydrogen-bond donors (Lipinski definition) is 1. The second-order valence-corrected chi connectivity index (χ2v) is 4.15. The summed E-state index contributed by atoms with van der Waals surface area (Å²) in [5.41, 5.74) is 0. The van der Waals surface area contributed by atoms with Gasteiger partial charge in [0.2, 0.25) is 0 Å². The molecule has 2 aliphatic rings. The Balaban J connectivity index is 1.74. The first-order chi connectivity index (χ1) is 5.40. The normalized spacial score (nSPS) is 28.1. The lowest BCUT2D eigenvalue weighted by Gasteiger charge is -2.34. The zero-order chi connectivity index (χ0) is 7.68. The van der Waals surface area contributed by atoms with E-state index < -0.39 is 0 Å². The third kappa shape index (κ3) is 1.76. The standard InChI is InChI=1S/C10H19N/c1-2-10(8-4-3-5-8)11-9-6-7-9/h8-11H,2-7H2,1H3. The van der Waals surface area contributed by atoms with E-state index in [1.807, 2.05) is 0 Å². The van der Waals surface area contributed by atoms with E-state index in [1.54, 1.807) is 0 Å². The Labute approximate surface area is 69.6 Å². The van der Waals surface area contributed by atoms with Gasteiger partial charge in [-0.15, -0.1) is 0 Å². The first-order valence-electron chi connectivity index (χ1n) is 5.16. The van der Waals surface area contributed by atoms with Crippen molar-refractivity contribution >= 4 is 0 Å². The van der Waals surface area contributed by atoms with Crippen LogP contribution in [-0.4, -0.2) is 12.1 Å². The second kappa shape index (κ2) is 3.14. The maximum absolute atomic E-state index is 3.74. The Morgan fingerprint density at radius 2 is 2.00 bits per heavy atom. The van der Waals surface area contributed by atoms with Gasteiger partial charge in [-0.05, 0) is 38.0 Å². The summed E-state index contributed by atoms with van der Waals surface area (Å²) in [6.45, 7) is 2.32. The summed E-state index contributed by atoms with van der Waals surface area (Å²) >= 11 is 0. The number of rotatable bonds is 4. The SMILES string of the molecule is CCC(NC1CC1)C1CCC1. The molecule has 2 aliphatic carbocycles. The van der Waals surface area contributed by atoms with Crippen LogP contribution in [0.5, 0.6) is 0 Å². The number of nitrogens with one attached hydrogen (secondary N) is 1. The summed E-state index contributed by atoms with van der Waals surface area (Å²) < 4.78 is 0. The summed E-state index contributed by atoms with van der Waals surface area (Å²) in [6.07, 6.45) is 8.65. The van der Waals surface area contributed by atoms with Gasteiger partial charge in [0.25, 0.3) is 0 Å². The van der Waals surface area contributed by atoms with Crippen molar-refractivity contribution in [1.82, 2.24) is 5.32 Å². The molecule has 0 aromatic heterocycles. The van der Waals surface area contributed by atoms with Gasteiger partial charge in [0, 0.05) is 12.1 Å². The van der Waals surface area contributed by atoms with Gasteiger partial charge in [0.1, 0.15) is 0 Å². The van der Waals surface area contributed by atoms with Crippen molar-refractivity contribution in [2.75, 3.05) is 0 Å². The highest BCUT2D eigenvalue weighted by Crippen LogP contribution is 2.32. The van der Waals surface area contributed by atoms with E-state index in [-0.39, 0.29) is 0 Å². The van der Waals surface area contributed by atoms with E-state index in [0.717, 1.165) is 18.0 Å². The van der Waals surface area contributed by atoms with E-state index >= 15 is 0 Å². The second-order valence-electron chi connectivity index (χ2n) is 4.15. The molecular weight excluding hydrogens is 134 g/mol. The maximum atomic E-state index is 3.74. The fourth-order valence-corrected chi connectivity index (χ4v) is 1.98. The predicted molar refractivity (Wildman–Crippen MR) is 47.6 cm³/mol. The van der Waals surface area contributed by atoms with Crippen molar-refractivity contribution in [1.29, 1.82) is 0 Å². The Kier molecular flexibility index (Phi) is 2.17. The van der Waals surface area contributed by atoms with Crippen LogP contribution in [-0.2, 0) is 0 Å². The molecule has 0 aliphatic heterocycles. The molecule has 0 bridgehead atoms. The highest BCUT2D eigenvalue weighted by molar-refractivity contribution is 4.89. The highest BCUT2D eigenvalue weighted by atomic mass is 15.0. The van der Waals surface area contributed by atoms with Gasteiger partial charge < -0.3 is 5.32 Å². The van der Waals surface area contributed by atoms with Gasteiger partial charge in [-0.25, -0.2) is 0 Å². The van der Waals surface area contributed by atoms with E-state index in [0.29, 0.717) is 0 Å². The Morgan fingerprint density at radius 3 is 2.36 bits per heavy atom. The molecule has 1 heteroatoms. The van der Waals surface area contributed by atoms with Crippen molar-refractivity contribution in [2.24, 2.45) is 5.92 Å². The minimum atomic E-state index is 0.858. The molecule has 0 radical (unpaired) electrons. The molecule has 64 valence electrons. The molecule has 0 saturated heterocycles. The molecule has 1 nitrogen and oxygen atoms in total. The molecule has 1 unspecified atom stereocenters. The molecular formula is C10H19N. The van der Waals surface area contributed by atoms with Crippen LogP contribution in [0.2, 0.25) is 0 Å². The van der Waals surface area contributed by atoms with Crippen molar-refractivity contribution in [2.45, 2.75) is 57.5 Å². The molecule has 2 fully saturated rings. The van der Waals surface area contributed by atoms with Crippen LogP contribution in [0.1, 0.15) is 45.4 Å². The van der Waals surface area contributed by atoms with Crippen molar-refractivity contribution in [3.63, 3.8) is 0 Å². The summed E-state index contributed by atoms with van der Waals surface area (Å²) in [4.78, 5) is 0. The minimum Gasteiger partial charge on any atom is -0.311 e. The van der Waals surface area contributed by atoms with Crippen molar-refractivity contribution in [3.8, 4) is 0 Å². The molecule has 11 heavy (non-hydrogen) atoms. The quantitative estimate of drug-likeness (QED) is 0.653. The predicted octanol–water partition coefficient (Wildman–Crippen LogP) is 2.32. The first-order valence-corrected chi connectivity index (χ1v) is 5.16. The van der Waals surface area contributed by atoms with Gasteiger partial charge in [0.15, 0.2) is 0 Å². The van der Waals surface area contributed by atoms with Crippen LogP contribution in [0.15, 0.2) is 0 Å². The van der Waals surface area contributed by atoms with E-state index in [2.05, 4.69) is 12.2 Å². The van der Waals surface area contributed by atoms with Crippen molar-refractivity contribution in [3.05, 3.63) is 0 Å². The van der Waals surface area contributed by atoms with Gasteiger partial charge >= 0.3 is 0 Å². The Bertz CT molecular complexity index is 125. The zero-order valence-corrected chi connectivity index (χ0v) is 7.47. The Morgan fingerprint density at radius 1 is 1.27 bits per heavy atom.